The zero-order valence-electron chi connectivity index (χ0n) is 25.5. The number of likely N-dealkylation sites (N-methyl/N-ethyl adjacent to an activating group) is 1. The molecule has 0 aliphatic carbocycles. The van der Waals surface area contributed by atoms with E-state index in [0.717, 1.165) is 18.4 Å². The van der Waals surface area contributed by atoms with E-state index in [-0.39, 0.29) is 12.5 Å². The van der Waals surface area contributed by atoms with E-state index >= 15 is 0 Å². The van der Waals surface area contributed by atoms with Crippen LogP contribution in [0.3, 0.4) is 0 Å². The number of nitrogens with zero attached hydrogens (tertiary/aromatic N) is 4. The molecule has 44 heavy (non-hydrogen) atoms. The van der Waals surface area contributed by atoms with Crippen molar-refractivity contribution in [3.8, 4) is 11.5 Å². The van der Waals surface area contributed by atoms with Gasteiger partial charge >= 0.3 is 5.97 Å². The smallest absolute Gasteiger partial charge is 0.338 e. The first-order chi connectivity index (χ1) is 21.2. The Labute approximate surface area is 275 Å². The number of amides is 1. The van der Waals surface area contributed by atoms with Crippen LogP contribution in [0.5, 0.6) is 11.5 Å². The summed E-state index contributed by atoms with van der Waals surface area (Å²) in [7, 11) is 1.53. The number of hydrogen-bond donors (Lipinski definition) is 1. The number of fused-ring (bicyclic) bond motifs is 1. The number of ether oxygens (including phenoxy) is 3. The summed E-state index contributed by atoms with van der Waals surface area (Å²) in [5.74, 6) is 1.26. The molecule has 10 nitrogen and oxygen atoms in total. The third-order valence-electron chi connectivity index (χ3n) is 7.12. The van der Waals surface area contributed by atoms with Crippen molar-refractivity contribution in [1.29, 1.82) is 0 Å². The van der Waals surface area contributed by atoms with Gasteiger partial charge in [-0.05, 0) is 72.4 Å². The molecule has 236 valence electrons. The molecular formula is C31H37BrClN5O5S. The van der Waals surface area contributed by atoms with Crippen LogP contribution in [0.2, 0.25) is 5.02 Å². The van der Waals surface area contributed by atoms with Gasteiger partial charge in [-0.3, -0.25) is 4.79 Å². The lowest BCUT2D eigenvalue weighted by atomic mass is 9.95. The third-order valence-corrected chi connectivity index (χ3v) is 8.97. The standard InChI is InChI=1S/C31H37BrClN5O5S/c1-6-9-14-42-29(40)26-19(4)34-30-35-31(44-18-20-12-10-11-13-23(20)33)36-38(30)27(26)21-15-22(32)28(24(16-21)41-5)43-17-25(39)37(7-2)8-3/h10-13,15-16,27H,6-9,14,17-18H2,1-5H3,(H,34,35,36). The van der Waals surface area contributed by atoms with Crippen LogP contribution in [0.25, 0.3) is 0 Å². The van der Waals surface area contributed by atoms with Crippen molar-refractivity contribution in [1.82, 2.24) is 19.7 Å². The predicted octanol–water partition coefficient (Wildman–Crippen LogP) is 6.87. The number of allylic oxidation sites excluding steroid dienone is 1. The third kappa shape index (κ3) is 7.70. The van der Waals surface area contributed by atoms with E-state index in [4.69, 9.17) is 35.9 Å². The Kier molecular flexibility index (Phi) is 12.0. The number of anilines is 1. The molecule has 0 spiro atoms. The Morgan fingerprint density at radius 3 is 2.61 bits per heavy atom. The van der Waals surface area contributed by atoms with Crippen molar-refractivity contribution >= 4 is 57.1 Å². The van der Waals surface area contributed by atoms with Gasteiger partial charge in [-0.2, -0.15) is 4.98 Å². The summed E-state index contributed by atoms with van der Waals surface area (Å²) >= 11 is 11.4. The van der Waals surface area contributed by atoms with Crippen molar-refractivity contribution in [2.45, 2.75) is 57.5 Å². The van der Waals surface area contributed by atoms with E-state index in [2.05, 4.69) is 21.2 Å². The number of unbranched alkanes of at least 4 members (excludes halogenated alkanes) is 1. The average Bonchev–Trinajstić information content (AvgIpc) is 3.41. The molecule has 1 atom stereocenters. The number of methoxy groups -OCH3 is 1. The molecular weight excluding hydrogens is 670 g/mol. The molecule has 2 aromatic carbocycles. The van der Waals surface area contributed by atoms with Gasteiger partial charge in [0.2, 0.25) is 11.1 Å². The maximum absolute atomic E-state index is 13.5. The number of nitrogens with one attached hydrogen (secondary N) is 1. The van der Waals surface area contributed by atoms with Crippen LogP contribution < -0.4 is 14.8 Å². The topological polar surface area (TPSA) is 108 Å². The molecule has 1 amide bonds. The second-order valence-corrected chi connectivity index (χ2v) is 12.2. The van der Waals surface area contributed by atoms with Crippen molar-refractivity contribution in [3.05, 3.63) is 68.3 Å². The fourth-order valence-corrected chi connectivity index (χ4v) is 6.44. The van der Waals surface area contributed by atoms with Gasteiger partial charge in [0, 0.05) is 29.6 Å². The molecule has 1 N–H and O–H groups in total. The van der Waals surface area contributed by atoms with Crippen molar-refractivity contribution in [2.75, 3.05) is 38.7 Å². The number of thioether (sulfide) groups is 1. The van der Waals surface area contributed by atoms with Crippen LogP contribution in [-0.2, 0) is 20.1 Å². The SMILES string of the molecule is CCCCOC(=O)C1=C(C)Nc2nc(SCc3ccccc3Cl)nn2C1c1cc(Br)c(OCC(=O)N(CC)CC)c(OC)c1. The second kappa shape index (κ2) is 15.7. The fourth-order valence-electron chi connectivity index (χ4n) is 4.75. The van der Waals surface area contributed by atoms with Gasteiger partial charge in [0.25, 0.3) is 5.91 Å². The zero-order valence-corrected chi connectivity index (χ0v) is 28.6. The Hall–Kier alpha value is -3.22. The van der Waals surface area contributed by atoms with Crippen molar-refractivity contribution in [2.24, 2.45) is 0 Å². The molecule has 1 unspecified atom stereocenters. The van der Waals surface area contributed by atoms with Gasteiger partial charge in [0.05, 0.1) is 23.8 Å². The summed E-state index contributed by atoms with van der Waals surface area (Å²) in [5, 5.41) is 9.24. The van der Waals surface area contributed by atoms with Gasteiger partial charge in [-0.25, -0.2) is 9.48 Å². The number of esters is 1. The quantitative estimate of drug-likeness (QED) is 0.109. The average molecular weight is 707 g/mol. The Morgan fingerprint density at radius 2 is 1.93 bits per heavy atom. The highest BCUT2D eigenvalue weighted by Gasteiger charge is 2.36. The molecule has 0 saturated heterocycles. The first-order valence-corrected chi connectivity index (χ1v) is 16.6. The van der Waals surface area contributed by atoms with Gasteiger partial charge in [0.15, 0.2) is 18.1 Å². The largest absolute Gasteiger partial charge is 0.493 e. The summed E-state index contributed by atoms with van der Waals surface area (Å²) in [5.41, 5.74) is 2.67. The van der Waals surface area contributed by atoms with Crippen LogP contribution in [0.1, 0.15) is 57.7 Å². The minimum Gasteiger partial charge on any atom is -0.493 e. The Bertz CT molecular complexity index is 1530. The zero-order chi connectivity index (χ0) is 31.8. The molecule has 0 bridgehead atoms. The van der Waals surface area contributed by atoms with E-state index in [1.165, 1.54) is 18.9 Å². The maximum atomic E-state index is 13.5. The molecule has 1 aliphatic rings. The second-order valence-electron chi connectivity index (χ2n) is 9.99. The summed E-state index contributed by atoms with van der Waals surface area (Å²) < 4.78 is 19.6. The van der Waals surface area contributed by atoms with E-state index in [0.29, 0.717) is 74.4 Å². The molecule has 0 radical (unpaired) electrons. The highest BCUT2D eigenvalue weighted by Crippen LogP contribution is 2.43. The predicted molar refractivity (Wildman–Crippen MR) is 175 cm³/mol. The number of hydrogen-bond acceptors (Lipinski definition) is 9. The Morgan fingerprint density at radius 1 is 1.18 bits per heavy atom. The van der Waals surface area contributed by atoms with Gasteiger partial charge in [-0.15, -0.1) is 5.10 Å². The molecule has 0 fully saturated rings. The number of halogens is 2. The highest BCUT2D eigenvalue weighted by atomic mass is 79.9. The lowest BCUT2D eigenvalue weighted by Crippen LogP contribution is -2.34. The van der Waals surface area contributed by atoms with E-state index in [1.54, 1.807) is 15.6 Å². The highest BCUT2D eigenvalue weighted by molar-refractivity contribution is 9.10. The number of aromatic nitrogens is 3. The molecule has 0 saturated carbocycles. The van der Waals surface area contributed by atoms with Crippen molar-refractivity contribution < 1.29 is 23.8 Å². The van der Waals surface area contributed by atoms with Crippen LogP contribution in [-0.4, -0.2) is 65.0 Å². The van der Waals surface area contributed by atoms with Gasteiger partial charge in [0.1, 0.15) is 6.04 Å². The van der Waals surface area contributed by atoms with E-state index in [1.807, 2.05) is 58.0 Å². The monoisotopic (exact) mass is 705 g/mol. The van der Waals surface area contributed by atoms with Crippen molar-refractivity contribution in [3.63, 3.8) is 0 Å². The van der Waals surface area contributed by atoms with Crippen LogP contribution in [0, 0.1) is 0 Å². The lowest BCUT2D eigenvalue weighted by molar-refractivity contribution is -0.139. The molecule has 1 aromatic heterocycles. The summed E-state index contributed by atoms with van der Waals surface area (Å²) in [4.78, 5) is 32.6. The van der Waals surface area contributed by atoms with Gasteiger partial charge < -0.3 is 24.4 Å². The number of benzene rings is 2. The number of carbonyl (C=O) groups is 2. The number of rotatable bonds is 14. The molecule has 1 aliphatic heterocycles. The maximum Gasteiger partial charge on any atom is 0.338 e. The fraction of sp³-hybridized carbons (Fsp3) is 0.419. The normalized spacial score (nSPS) is 14.1. The molecule has 4 rings (SSSR count). The molecule has 3 aromatic rings. The van der Waals surface area contributed by atoms with Crippen LogP contribution >= 0.6 is 39.3 Å². The number of carbonyl (C=O) groups excluding carboxylic acids is 2. The van der Waals surface area contributed by atoms with E-state index in [9.17, 15) is 9.59 Å². The first-order valence-electron chi connectivity index (χ1n) is 14.5. The molecule has 13 heteroatoms. The summed E-state index contributed by atoms with van der Waals surface area (Å²) in [6, 6.07) is 10.6. The summed E-state index contributed by atoms with van der Waals surface area (Å²) in [6.45, 7) is 9.05. The van der Waals surface area contributed by atoms with Crippen LogP contribution in [0.4, 0.5) is 5.95 Å². The van der Waals surface area contributed by atoms with E-state index < -0.39 is 12.0 Å². The minimum atomic E-state index is -0.681. The molecule has 2 heterocycles. The first kappa shape index (κ1) is 33.7. The van der Waals surface area contributed by atoms with Gasteiger partial charge in [-0.1, -0.05) is 54.9 Å². The van der Waals surface area contributed by atoms with Crippen LogP contribution in [0.15, 0.2) is 57.3 Å². The minimum absolute atomic E-state index is 0.129. The summed E-state index contributed by atoms with van der Waals surface area (Å²) in [6.07, 6.45) is 1.65. The lowest BCUT2D eigenvalue weighted by Gasteiger charge is -2.29. The Balaban J connectivity index is 1.71.